The van der Waals surface area contributed by atoms with E-state index in [0.29, 0.717) is 36.6 Å². The van der Waals surface area contributed by atoms with Crippen LogP contribution in [0.4, 0.5) is 0 Å². The van der Waals surface area contributed by atoms with Gasteiger partial charge in [-0.15, -0.1) is 0 Å². The lowest BCUT2D eigenvalue weighted by Gasteiger charge is -2.13. The van der Waals surface area contributed by atoms with Crippen LogP contribution in [0, 0.1) is 0 Å². The van der Waals surface area contributed by atoms with Crippen LogP contribution in [0.1, 0.15) is 65.2 Å². The third-order valence-corrected chi connectivity index (χ3v) is 5.86. The highest BCUT2D eigenvalue weighted by molar-refractivity contribution is 5.94. The minimum absolute atomic E-state index is 0.160. The fraction of sp³-hybridized carbons (Fsp3) is 0.370. The van der Waals surface area contributed by atoms with Crippen LogP contribution in [0.5, 0.6) is 11.5 Å². The first-order valence-corrected chi connectivity index (χ1v) is 11.8. The van der Waals surface area contributed by atoms with Gasteiger partial charge in [0.2, 0.25) is 0 Å². The van der Waals surface area contributed by atoms with Crippen molar-refractivity contribution in [1.82, 2.24) is 15.1 Å². The van der Waals surface area contributed by atoms with Crippen molar-refractivity contribution in [3.05, 3.63) is 71.0 Å². The first-order valence-electron chi connectivity index (χ1n) is 11.8. The highest BCUT2D eigenvalue weighted by Gasteiger charge is 2.19. The van der Waals surface area contributed by atoms with Crippen LogP contribution >= 0.6 is 0 Å². The first-order chi connectivity index (χ1) is 16.9. The molecule has 0 saturated carbocycles. The molecule has 1 unspecified atom stereocenters. The number of carbonyl (C=O) groups excluding carboxylic acids is 2. The Morgan fingerprint density at radius 2 is 1.71 bits per heavy atom. The molecule has 0 spiro atoms. The largest absolute Gasteiger partial charge is 0.493 e. The zero-order valence-corrected chi connectivity index (χ0v) is 21.0. The van der Waals surface area contributed by atoms with Crippen LogP contribution in [0.2, 0.25) is 0 Å². The van der Waals surface area contributed by atoms with Crippen molar-refractivity contribution in [3.63, 3.8) is 0 Å². The van der Waals surface area contributed by atoms with Crippen LogP contribution in [-0.4, -0.2) is 49.0 Å². The van der Waals surface area contributed by atoms with Gasteiger partial charge in [0.15, 0.2) is 17.2 Å². The molecule has 0 bridgehead atoms. The van der Waals surface area contributed by atoms with Gasteiger partial charge >= 0.3 is 5.97 Å². The maximum atomic E-state index is 12.7. The molecule has 1 aromatic heterocycles. The van der Waals surface area contributed by atoms with E-state index in [1.807, 2.05) is 30.3 Å². The standard InChI is InChI=1S/C27H33N3O5/c1-6-18(3)23-17-22(27(32)35-7-2)29-30(23)21-11-9-20(10-12-21)26(31)28-15-14-19-8-13-24(33-4)25(16-19)34-5/h8-13,16-18H,6-7,14-15H2,1-5H3,(H,28,31). The average Bonchev–Trinajstić information content (AvgIpc) is 3.34. The van der Waals surface area contributed by atoms with Gasteiger partial charge in [-0.25, -0.2) is 9.48 Å². The average molecular weight is 480 g/mol. The molecule has 1 heterocycles. The van der Waals surface area contributed by atoms with Crippen molar-refractivity contribution in [1.29, 1.82) is 0 Å². The van der Waals surface area contributed by atoms with Crippen molar-refractivity contribution >= 4 is 11.9 Å². The molecule has 8 nitrogen and oxygen atoms in total. The summed E-state index contributed by atoms with van der Waals surface area (Å²) in [6, 6.07) is 14.7. The van der Waals surface area contributed by atoms with Crippen LogP contribution < -0.4 is 14.8 Å². The Morgan fingerprint density at radius 1 is 1.00 bits per heavy atom. The predicted molar refractivity (Wildman–Crippen MR) is 134 cm³/mol. The number of nitrogens with one attached hydrogen (secondary N) is 1. The first kappa shape index (κ1) is 25.8. The summed E-state index contributed by atoms with van der Waals surface area (Å²) in [6.45, 7) is 6.71. The third-order valence-electron chi connectivity index (χ3n) is 5.86. The van der Waals surface area contributed by atoms with Crippen molar-refractivity contribution in [2.24, 2.45) is 0 Å². The van der Waals surface area contributed by atoms with Gasteiger partial charge in [0.1, 0.15) is 0 Å². The number of aromatic nitrogens is 2. The number of esters is 1. The van der Waals surface area contributed by atoms with Crippen molar-refractivity contribution in [2.45, 2.75) is 39.5 Å². The molecule has 35 heavy (non-hydrogen) atoms. The van der Waals surface area contributed by atoms with E-state index >= 15 is 0 Å². The van der Waals surface area contributed by atoms with Crippen LogP contribution in [-0.2, 0) is 11.2 Å². The highest BCUT2D eigenvalue weighted by Crippen LogP contribution is 2.27. The fourth-order valence-corrected chi connectivity index (χ4v) is 3.68. The molecule has 186 valence electrons. The summed E-state index contributed by atoms with van der Waals surface area (Å²) in [5.74, 6) is 0.926. The van der Waals surface area contributed by atoms with Crippen molar-refractivity contribution in [3.8, 4) is 17.2 Å². The molecule has 1 atom stereocenters. The van der Waals surface area contributed by atoms with Crippen LogP contribution in [0.15, 0.2) is 48.5 Å². The van der Waals surface area contributed by atoms with Gasteiger partial charge in [-0.05, 0) is 73.7 Å². The molecular formula is C27H33N3O5. The second kappa shape index (κ2) is 12.1. The zero-order valence-electron chi connectivity index (χ0n) is 21.0. The third kappa shape index (κ3) is 6.20. The lowest BCUT2D eigenvalue weighted by atomic mass is 10.0. The van der Waals surface area contributed by atoms with E-state index in [1.165, 1.54) is 0 Å². The Labute approximate surface area is 206 Å². The number of methoxy groups -OCH3 is 2. The molecule has 3 rings (SSSR count). The Hall–Kier alpha value is -3.81. The molecule has 1 amide bonds. The van der Waals surface area contributed by atoms with Gasteiger partial charge < -0.3 is 19.5 Å². The van der Waals surface area contributed by atoms with E-state index in [-0.39, 0.29) is 17.5 Å². The summed E-state index contributed by atoms with van der Waals surface area (Å²) in [5.41, 5.74) is 3.55. The lowest BCUT2D eigenvalue weighted by Crippen LogP contribution is -2.25. The van der Waals surface area contributed by atoms with E-state index in [2.05, 4.69) is 24.3 Å². The van der Waals surface area contributed by atoms with Gasteiger partial charge in [0.25, 0.3) is 5.91 Å². The molecule has 8 heteroatoms. The summed E-state index contributed by atoms with van der Waals surface area (Å²) in [4.78, 5) is 24.9. The minimum atomic E-state index is -0.443. The normalized spacial score (nSPS) is 11.6. The molecular weight excluding hydrogens is 446 g/mol. The molecule has 0 radical (unpaired) electrons. The maximum Gasteiger partial charge on any atom is 0.358 e. The summed E-state index contributed by atoms with van der Waals surface area (Å²) in [6.07, 6.45) is 1.56. The minimum Gasteiger partial charge on any atom is -0.493 e. The number of benzene rings is 2. The predicted octanol–water partition coefficient (Wildman–Crippen LogP) is 4.55. The molecule has 2 aromatic carbocycles. The molecule has 1 N–H and O–H groups in total. The summed E-state index contributed by atoms with van der Waals surface area (Å²) in [7, 11) is 3.19. The van der Waals surface area contributed by atoms with Gasteiger partial charge in [-0.1, -0.05) is 19.9 Å². The zero-order chi connectivity index (χ0) is 25.4. The van der Waals surface area contributed by atoms with E-state index < -0.39 is 5.97 Å². The van der Waals surface area contributed by atoms with E-state index in [0.717, 1.165) is 23.4 Å². The van der Waals surface area contributed by atoms with Crippen LogP contribution in [0.3, 0.4) is 0 Å². The number of carbonyl (C=O) groups is 2. The van der Waals surface area contributed by atoms with E-state index in [9.17, 15) is 9.59 Å². The SMILES string of the molecule is CCOC(=O)c1cc(C(C)CC)n(-c2ccc(C(=O)NCCc3ccc(OC)c(OC)c3)cc2)n1. The van der Waals surface area contributed by atoms with E-state index in [1.54, 1.807) is 44.0 Å². The Morgan fingerprint density at radius 3 is 2.34 bits per heavy atom. The van der Waals surface area contributed by atoms with Crippen molar-refractivity contribution < 1.29 is 23.8 Å². The number of ether oxygens (including phenoxy) is 3. The van der Waals surface area contributed by atoms with Crippen LogP contribution in [0.25, 0.3) is 5.69 Å². The molecule has 0 aliphatic heterocycles. The topological polar surface area (TPSA) is 91.7 Å². The molecule has 0 saturated heterocycles. The van der Waals surface area contributed by atoms with Gasteiger partial charge in [-0.3, -0.25) is 4.79 Å². The second-order valence-electron chi connectivity index (χ2n) is 8.14. The Balaban J connectivity index is 1.68. The number of amides is 1. The van der Waals surface area contributed by atoms with Gasteiger partial charge in [0, 0.05) is 17.8 Å². The summed E-state index contributed by atoms with van der Waals surface area (Å²) >= 11 is 0. The monoisotopic (exact) mass is 479 g/mol. The highest BCUT2D eigenvalue weighted by atomic mass is 16.5. The second-order valence-corrected chi connectivity index (χ2v) is 8.14. The van der Waals surface area contributed by atoms with E-state index in [4.69, 9.17) is 14.2 Å². The fourth-order valence-electron chi connectivity index (χ4n) is 3.68. The molecule has 0 aliphatic rings. The Kier molecular flexibility index (Phi) is 8.89. The lowest BCUT2D eigenvalue weighted by molar-refractivity contribution is 0.0518. The number of nitrogens with zero attached hydrogens (tertiary/aromatic N) is 2. The summed E-state index contributed by atoms with van der Waals surface area (Å²) < 4.78 is 17.5. The summed E-state index contributed by atoms with van der Waals surface area (Å²) in [5, 5.41) is 7.42. The Bertz CT molecular complexity index is 1150. The quantitative estimate of drug-likeness (QED) is 0.406. The smallest absolute Gasteiger partial charge is 0.358 e. The molecule has 3 aromatic rings. The van der Waals surface area contributed by atoms with Crippen molar-refractivity contribution in [2.75, 3.05) is 27.4 Å². The molecule has 0 fully saturated rings. The van der Waals surface area contributed by atoms with Gasteiger partial charge in [-0.2, -0.15) is 5.10 Å². The maximum absolute atomic E-state index is 12.7. The number of hydrogen-bond donors (Lipinski definition) is 1. The molecule has 0 aliphatic carbocycles. The number of hydrogen-bond acceptors (Lipinski definition) is 6. The number of rotatable bonds is 11. The van der Waals surface area contributed by atoms with Gasteiger partial charge in [0.05, 0.1) is 26.5 Å².